The summed E-state index contributed by atoms with van der Waals surface area (Å²) in [4.78, 5) is 3.84. The largest absolute Gasteiger partial charge is 0.390 e. The summed E-state index contributed by atoms with van der Waals surface area (Å²) in [6, 6.07) is 7.16. The van der Waals surface area contributed by atoms with Gasteiger partial charge >= 0.3 is 6.18 Å². The third-order valence-corrected chi connectivity index (χ3v) is 2.55. The average molecular weight is 422 g/mol. The van der Waals surface area contributed by atoms with Crippen LogP contribution in [-0.4, -0.2) is 25.7 Å². The Kier molecular flexibility index (Phi) is 8.95. The van der Waals surface area contributed by atoms with Crippen molar-refractivity contribution < 1.29 is 13.2 Å². The van der Waals surface area contributed by atoms with Crippen molar-refractivity contribution in [3.63, 3.8) is 0 Å². The number of hydrogen-bond acceptors (Lipinski definition) is 1. The number of halogens is 5. The van der Waals surface area contributed by atoms with E-state index in [1.807, 2.05) is 12.1 Å². The smallest absolute Gasteiger partial charge is 0.356 e. The molecule has 114 valence electrons. The summed E-state index contributed by atoms with van der Waals surface area (Å²) in [6.45, 7) is 0.257. The molecule has 0 fully saturated rings. The summed E-state index contributed by atoms with van der Waals surface area (Å²) in [7, 11) is 1.50. The molecule has 0 spiro atoms. The fourth-order valence-electron chi connectivity index (χ4n) is 1.33. The maximum absolute atomic E-state index is 12.0. The highest BCUT2D eigenvalue weighted by Crippen LogP contribution is 2.18. The van der Waals surface area contributed by atoms with Crippen LogP contribution < -0.4 is 10.6 Å². The predicted octanol–water partition coefficient (Wildman–Crippen LogP) is 3.58. The lowest BCUT2D eigenvalue weighted by molar-refractivity contribution is -0.132. The van der Waals surface area contributed by atoms with Crippen molar-refractivity contribution in [1.29, 1.82) is 0 Å². The normalized spacial score (nSPS) is 11.8. The van der Waals surface area contributed by atoms with E-state index in [4.69, 9.17) is 11.6 Å². The van der Waals surface area contributed by atoms with Crippen LogP contribution in [-0.2, 0) is 6.54 Å². The number of alkyl halides is 3. The van der Waals surface area contributed by atoms with Gasteiger partial charge in [0.25, 0.3) is 0 Å². The molecule has 1 aromatic carbocycles. The lowest BCUT2D eigenvalue weighted by Crippen LogP contribution is -2.38. The highest BCUT2D eigenvalue weighted by atomic mass is 127. The highest BCUT2D eigenvalue weighted by Gasteiger charge is 2.26. The molecule has 1 rings (SSSR count). The first-order chi connectivity index (χ1) is 8.90. The van der Waals surface area contributed by atoms with E-state index in [1.54, 1.807) is 12.1 Å². The van der Waals surface area contributed by atoms with Crippen molar-refractivity contribution >= 4 is 41.5 Å². The van der Waals surface area contributed by atoms with Gasteiger partial charge in [-0.25, -0.2) is 0 Å². The van der Waals surface area contributed by atoms with Crippen molar-refractivity contribution in [2.75, 3.05) is 13.6 Å². The van der Waals surface area contributed by atoms with Crippen LogP contribution in [0.3, 0.4) is 0 Å². The van der Waals surface area contributed by atoms with E-state index >= 15 is 0 Å². The Labute approximate surface area is 138 Å². The number of rotatable bonds is 4. The first-order valence-corrected chi connectivity index (χ1v) is 6.04. The van der Waals surface area contributed by atoms with Crippen molar-refractivity contribution in [2.45, 2.75) is 19.1 Å². The first-order valence-electron chi connectivity index (χ1n) is 5.66. The van der Waals surface area contributed by atoms with Crippen LogP contribution in [0.1, 0.15) is 12.0 Å². The minimum Gasteiger partial charge on any atom is -0.356 e. The zero-order valence-electron chi connectivity index (χ0n) is 10.8. The van der Waals surface area contributed by atoms with Gasteiger partial charge in [0.2, 0.25) is 0 Å². The fourth-order valence-corrected chi connectivity index (χ4v) is 1.46. The molecule has 0 saturated carbocycles. The summed E-state index contributed by atoms with van der Waals surface area (Å²) in [5, 5.41) is 6.16. The summed E-state index contributed by atoms with van der Waals surface area (Å²) < 4.78 is 36.0. The van der Waals surface area contributed by atoms with Gasteiger partial charge in [-0.3, -0.25) is 4.99 Å². The monoisotopic (exact) mass is 421 g/mol. The molecule has 0 bridgehead atoms. The van der Waals surface area contributed by atoms with Gasteiger partial charge in [-0.15, -0.1) is 24.0 Å². The van der Waals surface area contributed by atoms with Crippen LogP contribution in [0.2, 0.25) is 5.02 Å². The molecule has 0 aliphatic heterocycles. The number of aliphatic imine (C=N–C) groups is 1. The molecule has 0 saturated heterocycles. The van der Waals surface area contributed by atoms with E-state index in [2.05, 4.69) is 15.6 Å². The van der Waals surface area contributed by atoms with Crippen molar-refractivity contribution in [1.82, 2.24) is 10.6 Å². The minimum atomic E-state index is -4.16. The second-order valence-corrected chi connectivity index (χ2v) is 4.28. The highest BCUT2D eigenvalue weighted by molar-refractivity contribution is 14.0. The molecule has 2 N–H and O–H groups in total. The molecule has 0 aliphatic carbocycles. The zero-order chi connectivity index (χ0) is 14.3. The maximum atomic E-state index is 12.0. The number of benzene rings is 1. The summed E-state index contributed by atoms with van der Waals surface area (Å²) in [5.41, 5.74) is 0.961. The molecular formula is C12H16ClF3IN3. The maximum Gasteiger partial charge on any atom is 0.390 e. The van der Waals surface area contributed by atoms with Crippen molar-refractivity contribution in [3.05, 3.63) is 34.9 Å². The summed E-state index contributed by atoms with van der Waals surface area (Å²) in [6.07, 6.45) is -5.06. The summed E-state index contributed by atoms with van der Waals surface area (Å²) >= 11 is 5.75. The van der Waals surface area contributed by atoms with Gasteiger partial charge in [0, 0.05) is 25.2 Å². The molecule has 0 heterocycles. The Balaban J connectivity index is 0.00000361. The number of nitrogens with zero attached hydrogens (tertiary/aromatic N) is 1. The van der Waals surface area contributed by atoms with Gasteiger partial charge in [0.15, 0.2) is 5.96 Å². The van der Waals surface area contributed by atoms with Gasteiger partial charge in [-0.05, 0) is 17.7 Å². The second kappa shape index (κ2) is 9.28. The number of guanidine groups is 1. The standard InChI is InChI=1S/C12H15ClF3N3.HI/c1-17-11(18-7-6-12(14,15)16)19-8-9-2-4-10(13)5-3-9;/h2-5H,6-8H2,1H3,(H2,17,18,19);1H. The second-order valence-electron chi connectivity index (χ2n) is 3.84. The Morgan fingerprint density at radius 1 is 1.20 bits per heavy atom. The Hall–Kier alpha value is -0.700. The van der Waals surface area contributed by atoms with Crippen LogP contribution >= 0.6 is 35.6 Å². The van der Waals surface area contributed by atoms with Crippen LogP contribution in [0.25, 0.3) is 0 Å². The van der Waals surface area contributed by atoms with Gasteiger partial charge in [-0.2, -0.15) is 13.2 Å². The molecule has 0 aromatic heterocycles. The number of nitrogens with one attached hydrogen (secondary N) is 2. The van der Waals surface area contributed by atoms with Crippen molar-refractivity contribution in [3.8, 4) is 0 Å². The van der Waals surface area contributed by atoms with Gasteiger partial charge in [0.1, 0.15) is 0 Å². The van der Waals surface area contributed by atoms with E-state index < -0.39 is 12.6 Å². The van der Waals surface area contributed by atoms with Crippen LogP contribution in [0.4, 0.5) is 13.2 Å². The van der Waals surface area contributed by atoms with Crippen molar-refractivity contribution in [2.24, 2.45) is 4.99 Å². The van der Waals surface area contributed by atoms with Gasteiger partial charge < -0.3 is 10.6 Å². The van der Waals surface area contributed by atoms with Gasteiger partial charge in [-0.1, -0.05) is 23.7 Å². The van der Waals surface area contributed by atoms with E-state index in [9.17, 15) is 13.2 Å². The fraction of sp³-hybridized carbons (Fsp3) is 0.417. The van der Waals surface area contributed by atoms with E-state index in [1.165, 1.54) is 7.05 Å². The Morgan fingerprint density at radius 2 is 1.80 bits per heavy atom. The topological polar surface area (TPSA) is 36.4 Å². The molecule has 20 heavy (non-hydrogen) atoms. The molecule has 8 heteroatoms. The molecule has 0 atom stereocenters. The molecule has 3 nitrogen and oxygen atoms in total. The van der Waals surface area contributed by atoms with Crippen LogP contribution in [0.15, 0.2) is 29.3 Å². The average Bonchev–Trinajstić information content (AvgIpc) is 2.34. The Morgan fingerprint density at radius 3 is 2.30 bits per heavy atom. The molecule has 0 unspecified atom stereocenters. The van der Waals surface area contributed by atoms with E-state index in [0.717, 1.165) is 5.56 Å². The molecular weight excluding hydrogens is 406 g/mol. The number of hydrogen-bond donors (Lipinski definition) is 2. The molecule has 0 radical (unpaired) electrons. The zero-order valence-corrected chi connectivity index (χ0v) is 13.9. The molecule has 0 aliphatic rings. The third-order valence-electron chi connectivity index (χ3n) is 2.30. The first kappa shape index (κ1) is 19.3. The van der Waals surface area contributed by atoms with E-state index in [-0.39, 0.29) is 30.5 Å². The minimum absolute atomic E-state index is 0. The SMILES string of the molecule is CN=C(NCCC(F)(F)F)NCc1ccc(Cl)cc1.I. The lowest BCUT2D eigenvalue weighted by atomic mass is 10.2. The molecule has 0 amide bonds. The lowest BCUT2D eigenvalue weighted by Gasteiger charge is -2.13. The van der Waals surface area contributed by atoms with E-state index in [0.29, 0.717) is 17.5 Å². The van der Waals surface area contributed by atoms with Crippen LogP contribution in [0.5, 0.6) is 0 Å². The predicted molar refractivity (Wildman–Crippen MR) is 85.7 cm³/mol. The summed E-state index contributed by atoms with van der Waals surface area (Å²) in [5.74, 6) is 0.333. The third kappa shape index (κ3) is 8.47. The quantitative estimate of drug-likeness (QED) is 0.443. The van der Waals surface area contributed by atoms with Crippen LogP contribution in [0, 0.1) is 0 Å². The Bertz CT molecular complexity index is 421. The molecule has 1 aromatic rings. The van der Waals surface area contributed by atoms with Gasteiger partial charge in [0.05, 0.1) is 6.42 Å².